The smallest absolute Gasteiger partial charge is 0.253 e. The number of aromatic amines is 1. The quantitative estimate of drug-likeness (QED) is 0.547. The van der Waals surface area contributed by atoms with E-state index in [1.165, 1.54) is 34.8 Å². The van der Waals surface area contributed by atoms with Crippen molar-refractivity contribution >= 4 is 16.8 Å². The van der Waals surface area contributed by atoms with Crippen molar-refractivity contribution < 1.29 is 9.18 Å². The zero-order valence-corrected chi connectivity index (χ0v) is 15.9. The molecule has 6 heteroatoms. The molecule has 5 rings (SSSR count). The molecule has 0 radical (unpaired) electrons. The van der Waals surface area contributed by atoms with Gasteiger partial charge in [-0.2, -0.15) is 5.10 Å². The van der Waals surface area contributed by atoms with Crippen molar-refractivity contribution in [3.63, 3.8) is 0 Å². The number of fused-ring (bicyclic) bond motifs is 3. The molecule has 0 fully saturated rings. The fourth-order valence-electron chi connectivity index (χ4n) is 4.11. The lowest BCUT2D eigenvalue weighted by Crippen LogP contribution is -2.23. The van der Waals surface area contributed by atoms with Crippen molar-refractivity contribution in [3.8, 4) is 5.69 Å². The molecular weight excluding hydrogens is 367 g/mol. The Kier molecular flexibility index (Phi) is 4.39. The summed E-state index contributed by atoms with van der Waals surface area (Å²) < 4.78 is 15.4. The molecule has 4 aromatic rings. The second-order valence-corrected chi connectivity index (χ2v) is 7.40. The van der Waals surface area contributed by atoms with Gasteiger partial charge in [-0.15, -0.1) is 0 Å². The summed E-state index contributed by atoms with van der Waals surface area (Å²) in [5.74, 6) is -0.483. The van der Waals surface area contributed by atoms with Crippen LogP contribution in [0.3, 0.4) is 0 Å². The largest absolute Gasteiger partial charge is 0.358 e. The van der Waals surface area contributed by atoms with E-state index in [4.69, 9.17) is 0 Å². The molecule has 2 N–H and O–H groups in total. The van der Waals surface area contributed by atoms with Crippen molar-refractivity contribution in [2.45, 2.75) is 32.2 Å². The number of aryl methyl sites for hydroxylation is 2. The van der Waals surface area contributed by atoms with Gasteiger partial charge < -0.3 is 10.3 Å². The van der Waals surface area contributed by atoms with Crippen molar-refractivity contribution in [1.82, 2.24) is 20.1 Å². The van der Waals surface area contributed by atoms with Gasteiger partial charge in [-0.1, -0.05) is 24.3 Å². The molecule has 1 aliphatic carbocycles. The number of rotatable bonds is 4. The molecule has 0 saturated heterocycles. The van der Waals surface area contributed by atoms with Gasteiger partial charge in [-0.05, 0) is 55.5 Å². The van der Waals surface area contributed by atoms with Crippen LogP contribution in [0, 0.1) is 5.82 Å². The second-order valence-electron chi connectivity index (χ2n) is 7.40. The topological polar surface area (TPSA) is 62.7 Å². The average molecular weight is 388 g/mol. The molecule has 0 aliphatic heterocycles. The van der Waals surface area contributed by atoms with E-state index in [-0.39, 0.29) is 18.3 Å². The number of halogens is 1. The Balaban J connectivity index is 1.35. The molecule has 146 valence electrons. The SMILES string of the molecule is O=C(NCc1ccn(-c2ccccc2F)n1)c1cccc2c3c([nH]c12)CCCC3. The maximum absolute atomic E-state index is 13.9. The maximum Gasteiger partial charge on any atom is 0.253 e. The number of hydrogen-bond acceptors (Lipinski definition) is 2. The van der Waals surface area contributed by atoms with Crippen molar-refractivity contribution in [1.29, 1.82) is 0 Å². The van der Waals surface area contributed by atoms with Crippen LogP contribution >= 0.6 is 0 Å². The van der Waals surface area contributed by atoms with Crippen LogP contribution in [-0.2, 0) is 19.4 Å². The molecule has 1 amide bonds. The Bertz CT molecular complexity index is 1210. The molecular formula is C23H21FN4O. The zero-order valence-electron chi connectivity index (χ0n) is 15.9. The van der Waals surface area contributed by atoms with Gasteiger partial charge in [-0.25, -0.2) is 9.07 Å². The predicted molar refractivity (Wildman–Crippen MR) is 110 cm³/mol. The number of aromatic nitrogens is 3. The minimum absolute atomic E-state index is 0.144. The molecule has 2 aromatic heterocycles. The third-order valence-corrected chi connectivity index (χ3v) is 5.55. The van der Waals surface area contributed by atoms with E-state index >= 15 is 0 Å². The molecule has 0 bridgehead atoms. The maximum atomic E-state index is 13.9. The monoisotopic (exact) mass is 388 g/mol. The number of carbonyl (C=O) groups is 1. The summed E-state index contributed by atoms with van der Waals surface area (Å²) in [4.78, 5) is 16.3. The number of hydrogen-bond donors (Lipinski definition) is 2. The molecule has 5 nitrogen and oxygen atoms in total. The van der Waals surface area contributed by atoms with Gasteiger partial charge in [0.25, 0.3) is 5.91 Å². The number of nitrogens with zero attached hydrogens (tertiary/aromatic N) is 2. The van der Waals surface area contributed by atoms with E-state index in [1.54, 1.807) is 30.5 Å². The lowest BCUT2D eigenvalue weighted by molar-refractivity contribution is 0.0952. The Morgan fingerprint density at radius 3 is 2.86 bits per heavy atom. The summed E-state index contributed by atoms with van der Waals surface area (Å²) in [5.41, 5.74) is 5.21. The third-order valence-electron chi connectivity index (χ3n) is 5.55. The van der Waals surface area contributed by atoms with Gasteiger partial charge in [0.05, 0.1) is 23.3 Å². The first-order valence-corrected chi connectivity index (χ1v) is 9.91. The van der Waals surface area contributed by atoms with Gasteiger partial charge in [0, 0.05) is 17.3 Å². The van der Waals surface area contributed by atoms with E-state index in [2.05, 4.69) is 21.5 Å². The van der Waals surface area contributed by atoms with E-state index < -0.39 is 0 Å². The highest BCUT2D eigenvalue weighted by Crippen LogP contribution is 2.30. The minimum Gasteiger partial charge on any atom is -0.358 e. The van der Waals surface area contributed by atoms with Gasteiger partial charge >= 0.3 is 0 Å². The minimum atomic E-state index is -0.339. The number of para-hydroxylation sites is 2. The molecule has 0 atom stereocenters. The Morgan fingerprint density at radius 1 is 1.10 bits per heavy atom. The summed E-state index contributed by atoms with van der Waals surface area (Å²) in [6.07, 6.45) is 6.18. The highest BCUT2D eigenvalue weighted by atomic mass is 19.1. The summed E-state index contributed by atoms with van der Waals surface area (Å²) in [6, 6.07) is 14.1. The van der Waals surface area contributed by atoms with Crippen LogP contribution in [0.25, 0.3) is 16.6 Å². The summed E-state index contributed by atoms with van der Waals surface area (Å²) in [5, 5.41) is 8.46. The Morgan fingerprint density at radius 2 is 1.97 bits per heavy atom. The molecule has 0 unspecified atom stereocenters. The molecule has 29 heavy (non-hydrogen) atoms. The Hall–Kier alpha value is -3.41. The zero-order chi connectivity index (χ0) is 19.8. The van der Waals surface area contributed by atoms with Gasteiger partial charge in [0.2, 0.25) is 0 Å². The first-order valence-electron chi connectivity index (χ1n) is 9.91. The van der Waals surface area contributed by atoms with E-state index in [0.29, 0.717) is 16.9 Å². The van der Waals surface area contributed by atoms with Crippen molar-refractivity contribution in [3.05, 3.63) is 83.1 Å². The summed E-state index contributed by atoms with van der Waals surface area (Å²) >= 11 is 0. The lowest BCUT2D eigenvalue weighted by Gasteiger charge is -2.10. The Labute approximate surface area is 167 Å². The molecule has 0 saturated carbocycles. The van der Waals surface area contributed by atoms with Crippen LogP contribution in [0.5, 0.6) is 0 Å². The number of nitrogens with one attached hydrogen (secondary N) is 2. The lowest BCUT2D eigenvalue weighted by atomic mass is 9.95. The molecule has 1 aliphatic rings. The van der Waals surface area contributed by atoms with Crippen LogP contribution in [-0.4, -0.2) is 20.7 Å². The van der Waals surface area contributed by atoms with E-state index in [1.807, 2.05) is 12.1 Å². The van der Waals surface area contributed by atoms with Gasteiger partial charge in [0.1, 0.15) is 11.5 Å². The summed E-state index contributed by atoms with van der Waals surface area (Å²) in [6.45, 7) is 0.275. The molecule has 0 spiro atoms. The third kappa shape index (κ3) is 3.20. The van der Waals surface area contributed by atoms with Crippen LogP contribution in [0.1, 0.15) is 40.2 Å². The summed E-state index contributed by atoms with van der Waals surface area (Å²) in [7, 11) is 0. The van der Waals surface area contributed by atoms with Crippen LogP contribution in [0.15, 0.2) is 54.7 Å². The fraction of sp³-hybridized carbons (Fsp3) is 0.217. The van der Waals surface area contributed by atoms with E-state index in [9.17, 15) is 9.18 Å². The number of carbonyl (C=O) groups excluding carboxylic acids is 1. The molecule has 2 heterocycles. The number of amides is 1. The number of benzene rings is 2. The molecule has 2 aromatic carbocycles. The predicted octanol–water partition coefficient (Wildman–Crippen LogP) is 4.30. The van der Waals surface area contributed by atoms with Crippen molar-refractivity contribution in [2.24, 2.45) is 0 Å². The van der Waals surface area contributed by atoms with Crippen molar-refractivity contribution in [2.75, 3.05) is 0 Å². The highest BCUT2D eigenvalue weighted by molar-refractivity contribution is 6.06. The average Bonchev–Trinajstić information content (AvgIpc) is 3.37. The first-order chi connectivity index (χ1) is 14.2. The fourth-order valence-corrected chi connectivity index (χ4v) is 4.11. The number of H-pyrrole nitrogens is 1. The first kappa shape index (κ1) is 17.7. The van der Waals surface area contributed by atoms with E-state index in [0.717, 1.165) is 23.7 Å². The highest BCUT2D eigenvalue weighted by Gasteiger charge is 2.19. The van der Waals surface area contributed by atoms with Crippen LogP contribution in [0.4, 0.5) is 4.39 Å². The standard InChI is InChI=1S/C23H21FN4O/c24-19-9-2-4-11-21(19)28-13-12-15(27-28)14-25-23(29)18-8-5-7-17-16-6-1-3-10-20(16)26-22(17)18/h2,4-5,7-9,11-13,26H,1,3,6,10,14H2,(H,25,29). The normalized spacial score (nSPS) is 13.4. The van der Waals surface area contributed by atoms with Gasteiger partial charge in [0.15, 0.2) is 0 Å². The van der Waals surface area contributed by atoms with Crippen LogP contribution < -0.4 is 5.32 Å². The van der Waals surface area contributed by atoms with Crippen LogP contribution in [0.2, 0.25) is 0 Å². The van der Waals surface area contributed by atoms with Gasteiger partial charge in [-0.3, -0.25) is 4.79 Å². The second kappa shape index (κ2) is 7.20.